The number of aromatic carboxylic acids is 1. The Morgan fingerprint density at radius 1 is 1.08 bits per heavy atom. The molecule has 1 aliphatic rings. The maximum absolute atomic E-state index is 12.3. The average Bonchev–Trinajstić information content (AvgIpc) is 3.07. The predicted octanol–water partition coefficient (Wildman–Crippen LogP) is 2.97. The summed E-state index contributed by atoms with van der Waals surface area (Å²) in [5.41, 5.74) is 1.18. The summed E-state index contributed by atoms with van der Waals surface area (Å²) in [5, 5.41) is 8.85. The first-order chi connectivity index (χ1) is 11.5. The van der Waals surface area contributed by atoms with Crippen LogP contribution in [0.15, 0.2) is 40.8 Å². The first-order valence-corrected chi connectivity index (χ1v) is 7.88. The second-order valence-corrected chi connectivity index (χ2v) is 5.89. The van der Waals surface area contributed by atoms with Crippen LogP contribution in [-0.4, -0.2) is 41.1 Å². The van der Waals surface area contributed by atoms with Crippen molar-refractivity contribution in [1.29, 1.82) is 0 Å². The van der Waals surface area contributed by atoms with Gasteiger partial charge in [-0.2, -0.15) is 0 Å². The highest BCUT2D eigenvalue weighted by molar-refractivity contribution is 5.93. The molecule has 24 heavy (non-hydrogen) atoms. The molecule has 0 unspecified atom stereocenters. The molecular weight excluding hydrogens is 310 g/mol. The first-order valence-electron chi connectivity index (χ1n) is 7.88. The Morgan fingerprint density at radius 3 is 2.29 bits per heavy atom. The molecule has 2 heterocycles. The first kappa shape index (κ1) is 16.1. The Morgan fingerprint density at radius 2 is 1.71 bits per heavy atom. The number of carboxylic acids is 1. The fraction of sp³-hybridized carbons (Fsp3) is 0.333. The predicted molar refractivity (Wildman–Crippen MR) is 86.4 cm³/mol. The van der Waals surface area contributed by atoms with Gasteiger partial charge in [0.1, 0.15) is 11.9 Å². The number of aryl methyl sites for hydroxylation is 1. The Bertz CT molecular complexity index is 726. The van der Waals surface area contributed by atoms with Gasteiger partial charge in [0.2, 0.25) is 5.76 Å². The molecule has 2 aromatic rings. The number of carbonyl (C=O) groups excluding carboxylic acids is 1. The van der Waals surface area contributed by atoms with Crippen LogP contribution >= 0.6 is 0 Å². The number of rotatable bonds is 4. The lowest BCUT2D eigenvalue weighted by molar-refractivity contribution is 0.0559. The van der Waals surface area contributed by atoms with Crippen LogP contribution < -0.4 is 4.74 Å². The van der Waals surface area contributed by atoms with Crippen molar-refractivity contribution >= 4 is 11.9 Å². The number of carbonyl (C=O) groups is 2. The molecule has 1 saturated heterocycles. The highest BCUT2D eigenvalue weighted by atomic mass is 16.5. The number of likely N-dealkylation sites (tertiary alicyclic amines) is 1. The van der Waals surface area contributed by atoms with Crippen LogP contribution in [0.2, 0.25) is 0 Å². The van der Waals surface area contributed by atoms with Crippen molar-refractivity contribution < 1.29 is 23.8 Å². The maximum atomic E-state index is 12.3. The highest BCUT2D eigenvalue weighted by Crippen LogP contribution is 2.21. The Labute approximate surface area is 139 Å². The smallest absolute Gasteiger partial charge is 0.371 e. The van der Waals surface area contributed by atoms with E-state index < -0.39 is 5.97 Å². The summed E-state index contributed by atoms with van der Waals surface area (Å²) in [6, 6.07) is 10.6. The van der Waals surface area contributed by atoms with Gasteiger partial charge in [0.25, 0.3) is 5.91 Å². The number of benzene rings is 1. The van der Waals surface area contributed by atoms with Crippen molar-refractivity contribution in [2.75, 3.05) is 13.1 Å². The number of hydrogen-bond donors (Lipinski definition) is 1. The minimum absolute atomic E-state index is 0.0605. The van der Waals surface area contributed by atoms with Gasteiger partial charge in [-0.1, -0.05) is 17.7 Å². The fourth-order valence-corrected chi connectivity index (χ4v) is 2.71. The van der Waals surface area contributed by atoms with Crippen molar-refractivity contribution in [1.82, 2.24) is 4.90 Å². The minimum atomic E-state index is -1.18. The van der Waals surface area contributed by atoms with Gasteiger partial charge < -0.3 is 19.2 Å². The molecule has 0 aliphatic carbocycles. The van der Waals surface area contributed by atoms with E-state index in [-0.39, 0.29) is 23.5 Å². The van der Waals surface area contributed by atoms with E-state index in [1.54, 1.807) is 4.90 Å². The van der Waals surface area contributed by atoms with Crippen molar-refractivity contribution in [3.63, 3.8) is 0 Å². The van der Waals surface area contributed by atoms with Gasteiger partial charge in [-0.3, -0.25) is 4.79 Å². The van der Waals surface area contributed by atoms with Gasteiger partial charge in [-0.15, -0.1) is 0 Å². The van der Waals surface area contributed by atoms with Crippen LogP contribution in [0.4, 0.5) is 0 Å². The van der Waals surface area contributed by atoms with Gasteiger partial charge >= 0.3 is 5.97 Å². The summed E-state index contributed by atoms with van der Waals surface area (Å²) >= 11 is 0. The number of piperidine rings is 1. The lowest BCUT2D eigenvalue weighted by Crippen LogP contribution is -2.41. The van der Waals surface area contributed by atoms with Gasteiger partial charge in [0.05, 0.1) is 0 Å². The molecule has 0 atom stereocenters. The Hall–Kier alpha value is -2.76. The van der Waals surface area contributed by atoms with Crippen molar-refractivity contribution in [2.45, 2.75) is 25.9 Å². The summed E-state index contributed by atoms with van der Waals surface area (Å²) in [7, 11) is 0. The second kappa shape index (κ2) is 6.78. The normalized spacial score (nSPS) is 15.3. The molecule has 1 aliphatic heterocycles. The quantitative estimate of drug-likeness (QED) is 0.933. The summed E-state index contributed by atoms with van der Waals surface area (Å²) in [6.45, 7) is 3.13. The zero-order valence-electron chi connectivity index (χ0n) is 13.4. The van der Waals surface area contributed by atoms with Crippen LogP contribution in [0.25, 0.3) is 0 Å². The standard InChI is InChI=1S/C18H19NO5/c1-12-2-4-13(5-3-12)23-14-8-10-19(11-9-14)17(20)15-6-7-16(24-15)18(21)22/h2-7,14H,8-11H2,1H3,(H,21,22). The van der Waals surface area contributed by atoms with Crippen molar-refractivity contribution in [2.24, 2.45) is 0 Å². The molecule has 1 N–H and O–H groups in total. The number of hydrogen-bond acceptors (Lipinski definition) is 4. The molecule has 3 rings (SSSR count). The largest absolute Gasteiger partial charge is 0.490 e. The van der Waals surface area contributed by atoms with Gasteiger partial charge in [0, 0.05) is 25.9 Å². The molecule has 1 aromatic carbocycles. The molecule has 126 valence electrons. The van der Waals surface area contributed by atoms with E-state index in [4.69, 9.17) is 14.3 Å². The third kappa shape index (κ3) is 3.59. The molecule has 0 spiro atoms. The van der Waals surface area contributed by atoms with Crippen molar-refractivity contribution in [3.05, 3.63) is 53.5 Å². The molecule has 1 aromatic heterocycles. The lowest BCUT2D eigenvalue weighted by atomic mass is 10.1. The van der Waals surface area contributed by atoms with Crippen LogP contribution in [0.1, 0.15) is 39.5 Å². The summed E-state index contributed by atoms with van der Waals surface area (Å²) in [5.74, 6) is -0.792. The third-order valence-corrected chi connectivity index (χ3v) is 4.08. The minimum Gasteiger partial charge on any atom is -0.490 e. The van der Waals surface area contributed by atoms with Crippen LogP contribution in [0, 0.1) is 6.92 Å². The zero-order chi connectivity index (χ0) is 17.1. The third-order valence-electron chi connectivity index (χ3n) is 4.08. The van der Waals surface area contributed by atoms with E-state index in [0.29, 0.717) is 13.1 Å². The van der Waals surface area contributed by atoms with E-state index in [1.165, 1.54) is 17.7 Å². The molecular formula is C18H19NO5. The maximum Gasteiger partial charge on any atom is 0.371 e. The Kier molecular flexibility index (Phi) is 4.55. The van der Waals surface area contributed by atoms with Gasteiger partial charge in [0.15, 0.2) is 5.76 Å². The molecule has 0 saturated carbocycles. The van der Waals surface area contributed by atoms with Gasteiger partial charge in [-0.05, 0) is 31.2 Å². The second-order valence-electron chi connectivity index (χ2n) is 5.89. The number of nitrogens with zero attached hydrogens (tertiary/aromatic N) is 1. The van der Waals surface area contributed by atoms with E-state index >= 15 is 0 Å². The lowest BCUT2D eigenvalue weighted by Gasteiger charge is -2.31. The summed E-state index contributed by atoms with van der Waals surface area (Å²) < 4.78 is 11.0. The average molecular weight is 329 g/mol. The Balaban J connectivity index is 1.55. The van der Waals surface area contributed by atoms with E-state index in [0.717, 1.165) is 18.6 Å². The van der Waals surface area contributed by atoms with E-state index in [2.05, 4.69) is 0 Å². The zero-order valence-corrected chi connectivity index (χ0v) is 13.4. The van der Waals surface area contributed by atoms with Gasteiger partial charge in [-0.25, -0.2) is 4.79 Å². The molecule has 6 nitrogen and oxygen atoms in total. The monoisotopic (exact) mass is 329 g/mol. The van der Waals surface area contributed by atoms with E-state index in [1.807, 2.05) is 31.2 Å². The number of ether oxygens (including phenoxy) is 1. The fourth-order valence-electron chi connectivity index (χ4n) is 2.71. The highest BCUT2D eigenvalue weighted by Gasteiger charge is 2.27. The molecule has 1 amide bonds. The number of amides is 1. The SMILES string of the molecule is Cc1ccc(OC2CCN(C(=O)c3ccc(C(=O)O)o3)CC2)cc1. The summed E-state index contributed by atoms with van der Waals surface area (Å²) in [6.07, 6.45) is 1.53. The molecule has 0 radical (unpaired) electrons. The molecule has 6 heteroatoms. The number of furan rings is 1. The van der Waals surface area contributed by atoms with Crippen LogP contribution in [0.5, 0.6) is 5.75 Å². The van der Waals surface area contributed by atoms with Crippen LogP contribution in [-0.2, 0) is 0 Å². The topological polar surface area (TPSA) is 80.0 Å². The number of carboxylic acid groups (broad SMARTS) is 1. The van der Waals surface area contributed by atoms with Crippen LogP contribution in [0.3, 0.4) is 0 Å². The molecule has 0 bridgehead atoms. The van der Waals surface area contributed by atoms with Crippen molar-refractivity contribution in [3.8, 4) is 5.75 Å². The summed E-state index contributed by atoms with van der Waals surface area (Å²) in [4.78, 5) is 24.8. The van der Waals surface area contributed by atoms with E-state index in [9.17, 15) is 9.59 Å². The molecule has 1 fully saturated rings.